The highest BCUT2D eigenvalue weighted by Gasteiger charge is 2.14. The number of fused-ring (bicyclic) bond motifs is 1. The van der Waals surface area contributed by atoms with Crippen LogP contribution in [0.2, 0.25) is 0 Å². The summed E-state index contributed by atoms with van der Waals surface area (Å²) in [7, 11) is 0. The van der Waals surface area contributed by atoms with Gasteiger partial charge >= 0.3 is 5.97 Å². The number of carboxylic acid groups (broad SMARTS) is 1. The summed E-state index contributed by atoms with van der Waals surface area (Å²) < 4.78 is 5.31. The van der Waals surface area contributed by atoms with Gasteiger partial charge in [0.05, 0.1) is 25.1 Å². The monoisotopic (exact) mass is 284 g/mol. The molecule has 21 heavy (non-hydrogen) atoms. The molecule has 0 radical (unpaired) electrons. The Morgan fingerprint density at radius 3 is 2.67 bits per heavy atom. The Balaban J connectivity index is 1.75. The smallest absolute Gasteiger partial charge is 0.354 e. The second-order valence-corrected chi connectivity index (χ2v) is 4.67. The summed E-state index contributed by atoms with van der Waals surface area (Å²) in [6.07, 6.45) is 1.32. The Hall–Kier alpha value is -2.73. The molecule has 0 atom stereocenters. The quantitative estimate of drug-likeness (QED) is 0.900. The van der Waals surface area contributed by atoms with Gasteiger partial charge in [-0.2, -0.15) is 0 Å². The zero-order chi connectivity index (χ0) is 14.8. The van der Waals surface area contributed by atoms with Gasteiger partial charge in [0.15, 0.2) is 0 Å². The van der Waals surface area contributed by atoms with Gasteiger partial charge < -0.3 is 15.2 Å². The number of aromatic nitrogens is 1. The van der Waals surface area contributed by atoms with Gasteiger partial charge in [-0.3, -0.25) is 4.79 Å². The van der Waals surface area contributed by atoms with Gasteiger partial charge in [-0.05, 0) is 35.4 Å². The molecule has 2 heterocycles. The highest BCUT2D eigenvalue weighted by atomic mass is 16.5. The summed E-state index contributed by atoms with van der Waals surface area (Å²) in [6, 6.07) is 8.26. The van der Waals surface area contributed by atoms with Crippen LogP contribution in [0.5, 0.6) is 0 Å². The van der Waals surface area contributed by atoms with Crippen molar-refractivity contribution in [2.45, 2.75) is 13.2 Å². The summed E-state index contributed by atoms with van der Waals surface area (Å²) in [4.78, 5) is 26.6. The number of nitrogens with one attached hydrogen (secondary N) is 1. The van der Waals surface area contributed by atoms with Crippen molar-refractivity contribution in [3.8, 4) is 0 Å². The molecule has 0 bridgehead atoms. The average molecular weight is 284 g/mol. The predicted molar refractivity (Wildman–Crippen MR) is 74.1 cm³/mol. The molecule has 106 valence electrons. The van der Waals surface area contributed by atoms with Gasteiger partial charge in [0.1, 0.15) is 5.69 Å². The first-order valence-electron chi connectivity index (χ1n) is 6.34. The van der Waals surface area contributed by atoms with Crippen molar-refractivity contribution < 1.29 is 19.4 Å². The van der Waals surface area contributed by atoms with Crippen molar-refractivity contribution in [2.75, 3.05) is 5.32 Å². The maximum atomic E-state index is 12.1. The molecule has 1 aromatic carbocycles. The van der Waals surface area contributed by atoms with E-state index in [2.05, 4.69) is 10.3 Å². The molecule has 1 aromatic heterocycles. The average Bonchev–Trinajstić information content (AvgIpc) is 2.95. The van der Waals surface area contributed by atoms with Gasteiger partial charge in [0.25, 0.3) is 5.91 Å². The highest BCUT2D eigenvalue weighted by Crippen LogP contribution is 2.21. The van der Waals surface area contributed by atoms with Crippen LogP contribution in [0.3, 0.4) is 0 Å². The molecule has 1 aliphatic rings. The lowest BCUT2D eigenvalue weighted by Gasteiger charge is -2.06. The Bertz CT molecular complexity index is 710. The van der Waals surface area contributed by atoms with Crippen LogP contribution in [0.1, 0.15) is 32.0 Å². The van der Waals surface area contributed by atoms with E-state index in [1.165, 1.54) is 18.3 Å². The molecule has 1 aliphatic heterocycles. The number of aromatic carboxylic acids is 1. The van der Waals surface area contributed by atoms with E-state index in [0.29, 0.717) is 24.5 Å². The zero-order valence-corrected chi connectivity index (χ0v) is 11.0. The number of carboxylic acids is 1. The number of pyridine rings is 1. The minimum atomic E-state index is -1.11. The fourth-order valence-corrected chi connectivity index (χ4v) is 2.11. The van der Waals surface area contributed by atoms with Crippen LogP contribution in [0, 0.1) is 0 Å². The summed E-state index contributed by atoms with van der Waals surface area (Å²) in [5, 5.41) is 11.4. The van der Waals surface area contributed by atoms with Gasteiger partial charge in [-0.1, -0.05) is 6.07 Å². The van der Waals surface area contributed by atoms with E-state index in [-0.39, 0.29) is 11.6 Å². The molecule has 0 fully saturated rings. The number of rotatable bonds is 3. The number of carbonyl (C=O) groups is 2. The number of carbonyl (C=O) groups excluding carboxylic acids is 1. The first-order chi connectivity index (χ1) is 10.1. The molecule has 2 N–H and O–H groups in total. The summed E-state index contributed by atoms with van der Waals surface area (Å²) >= 11 is 0. The molecule has 6 heteroatoms. The van der Waals surface area contributed by atoms with Crippen molar-refractivity contribution >= 4 is 17.6 Å². The van der Waals surface area contributed by atoms with Gasteiger partial charge in [-0.15, -0.1) is 0 Å². The maximum absolute atomic E-state index is 12.1. The first kappa shape index (κ1) is 13.3. The third kappa shape index (κ3) is 2.75. The Morgan fingerprint density at radius 1 is 1.14 bits per heavy atom. The topological polar surface area (TPSA) is 88.5 Å². The number of nitrogens with zero attached hydrogens (tertiary/aromatic N) is 1. The largest absolute Gasteiger partial charge is 0.477 e. The second kappa shape index (κ2) is 5.34. The number of ether oxygens (including phenoxy) is 1. The van der Waals surface area contributed by atoms with Crippen molar-refractivity contribution in [2.24, 2.45) is 0 Å². The van der Waals surface area contributed by atoms with Gasteiger partial charge in [0, 0.05) is 5.56 Å². The Kier molecular flexibility index (Phi) is 3.37. The van der Waals surface area contributed by atoms with E-state index in [0.717, 1.165) is 11.1 Å². The molecule has 0 saturated carbocycles. The lowest BCUT2D eigenvalue weighted by atomic mass is 10.1. The van der Waals surface area contributed by atoms with Crippen LogP contribution >= 0.6 is 0 Å². The lowest BCUT2D eigenvalue weighted by molar-refractivity contribution is 0.0690. The maximum Gasteiger partial charge on any atom is 0.354 e. The number of hydrogen-bond donors (Lipinski definition) is 2. The highest BCUT2D eigenvalue weighted by molar-refractivity contribution is 6.04. The van der Waals surface area contributed by atoms with Crippen LogP contribution < -0.4 is 5.32 Å². The molecule has 3 rings (SSSR count). The molecule has 2 aromatic rings. The van der Waals surface area contributed by atoms with Crippen LogP contribution in [0.15, 0.2) is 36.5 Å². The van der Waals surface area contributed by atoms with Crippen LogP contribution in [0.4, 0.5) is 5.69 Å². The van der Waals surface area contributed by atoms with Crippen LogP contribution in [0.25, 0.3) is 0 Å². The van der Waals surface area contributed by atoms with E-state index < -0.39 is 5.97 Å². The summed E-state index contributed by atoms with van der Waals surface area (Å²) in [5.41, 5.74) is 3.02. The number of hydrogen-bond acceptors (Lipinski definition) is 4. The molecular weight excluding hydrogens is 272 g/mol. The standard InChI is InChI=1S/C15H12N2O4/c18-14(9-1-2-10-7-21-8-11(10)5-9)17-12-3-4-13(15(19)20)16-6-12/h1-6H,7-8H2,(H,17,18)(H,19,20). The molecule has 0 unspecified atom stereocenters. The van der Waals surface area contributed by atoms with Gasteiger partial charge in [-0.25, -0.2) is 9.78 Å². The molecule has 6 nitrogen and oxygen atoms in total. The Labute approximate surface area is 120 Å². The third-order valence-electron chi connectivity index (χ3n) is 3.22. The normalized spacial score (nSPS) is 12.8. The third-order valence-corrected chi connectivity index (χ3v) is 3.22. The second-order valence-electron chi connectivity index (χ2n) is 4.67. The van der Waals surface area contributed by atoms with E-state index in [1.54, 1.807) is 12.1 Å². The van der Waals surface area contributed by atoms with Crippen molar-refractivity contribution in [1.82, 2.24) is 4.98 Å². The van der Waals surface area contributed by atoms with E-state index in [1.807, 2.05) is 6.07 Å². The molecule has 0 aliphatic carbocycles. The fraction of sp³-hybridized carbons (Fsp3) is 0.133. The number of benzene rings is 1. The molecule has 1 amide bonds. The van der Waals surface area contributed by atoms with E-state index >= 15 is 0 Å². The fourth-order valence-electron chi connectivity index (χ4n) is 2.11. The predicted octanol–water partition coefficient (Wildman–Crippen LogP) is 2.06. The summed E-state index contributed by atoms with van der Waals surface area (Å²) in [6.45, 7) is 1.10. The molecule has 0 spiro atoms. The van der Waals surface area contributed by atoms with Crippen molar-refractivity contribution in [3.05, 3.63) is 58.9 Å². The lowest BCUT2D eigenvalue weighted by Crippen LogP contribution is -2.13. The summed E-state index contributed by atoms with van der Waals surface area (Å²) in [5.74, 6) is -1.37. The van der Waals surface area contributed by atoms with Gasteiger partial charge in [0.2, 0.25) is 0 Å². The van der Waals surface area contributed by atoms with Crippen molar-refractivity contribution in [1.29, 1.82) is 0 Å². The number of amides is 1. The van der Waals surface area contributed by atoms with Crippen LogP contribution in [-0.4, -0.2) is 22.0 Å². The molecule has 0 saturated heterocycles. The van der Waals surface area contributed by atoms with E-state index in [9.17, 15) is 9.59 Å². The first-order valence-corrected chi connectivity index (χ1v) is 6.34. The van der Waals surface area contributed by atoms with Crippen LogP contribution in [-0.2, 0) is 18.0 Å². The SMILES string of the molecule is O=C(Nc1ccc(C(=O)O)nc1)c1ccc2c(c1)COC2. The number of anilines is 1. The van der Waals surface area contributed by atoms with Crippen molar-refractivity contribution in [3.63, 3.8) is 0 Å². The molecular formula is C15H12N2O4. The minimum Gasteiger partial charge on any atom is -0.477 e. The zero-order valence-electron chi connectivity index (χ0n) is 11.0. The minimum absolute atomic E-state index is 0.0670. The van der Waals surface area contributed by atoms with E-state index in [4.69, 9.17) is 9.84 Å². The Morgan fingerprint density at radius 2 is 1.95 bits per heavy atom.